The zero-order valence-electron chi connectivity index (χ0n) is 12.1. The summed E-state index contributed by atoms with van der Waals surface area (Å²) in [5.41, 5.74) is 3.01. The molecule has 0 aliphatic heterocycles. The van der Waals surface area contributed by atoms with Crippen molar-refractivity contribution in [3.63, 3.8) is 0 Å². The summed E-state index contributed by atoms with van der Waals surface area (Å²) in [6.45, 7) is 0. The number of pyridine rings is 1. The number of likely N-dealkylation sites (N-methyl/N-ethyl adjacent to an activating group) is 1. The van der Waals surface area contributed by atoms with Gasteiger partial charge in [0, 0.05) is 28.7 Å². The molecule has 22 heavy (non-hydrogen) atoms. The predicted octanol–water partition coefficient (Wildman–Crippen LogP) is 3.95. The number of nitrogens with zero attached hydrogens (tertiary/aromatic N) is 1. The fraction of sp³-hybridized carbons (Fsp3) is 0.111. The topological polar surface area (TPSA) is 42.0 Å². The molecule has 1 N–H and O–H groups in total. The van der Waals surface area contributed by atoms with Crippen LogP contribution < -0.4 is 5.32 Å². The Bertz CT molecular complexity index is 828. The summed E-state index contributed by atoms with van der Waals surface area (Å²) in [6, 6.07) is 16.1. The number of hydrogen-bond acceptors (Lipinski definition) is 2. The van der Waals surface area contributed by atoms with E-state index in [0.717, 1.165) is 32.1 Å². The summed E-state index contributed by atoms with van der Waals surface area (Å²) in [6.07, 6.45) is 2.17. The summed E-state index contributed by atoms with van der Waals surface area (Å²) >= 11 is 3.45. The van der Waals surface area contributed by atoms with E-state index in [-0.39, 0.29) is 5.91 Å². The van der Waals surface area contributed by atoms with Crippen LogP contribution in [-0.2, 0) is 11.2 Å². The molecule has 4 heteroatoms. The number of nitrogens with one attached hydrogen (secondary N) is 1. The number of hydrogen-bond donors (Lipinski definition) is 1. The van der Waals surface area contributed by atoms with Gasteiger partial charge in [-0.2, -0.15) is 0 Å². The molecule has 110 valence electrons. The summed E-state index contributed by atoms with van der Waals surface area (Å²) in [4.78, 5) is 16.2. The van der Waals surface area contributed by atoms with Crippen molar-refractivity contribution in [1.82, 2.24) is 10.3 Å². The van der Waals surface area contributed by atoms with E-state index in [9.17, 15) is 4.79 Å². The van der Waals surface area contributed by atoms with Gasteiger partial charge in [0.1, 0.15) is 0 Å². The van der Waals surface area contributed by atoms with Crippen LogP contribution in [0, 0.1) is 0 Å². The van der Waals surface area contributed by atoms with E-state index in [0.29, 0.717) is 6.42 Å². The normalized spacial score (nSPS) is 10.6. The lowest BCUT2D eigenvalue weighted by atomic mass is 9.99. The molecule has 0 radical (unpaired) electrons. The van der Waals surface area contributed by atoms with E-state index in [1.807, 2.05) is 48.5 Å². The molecule has 3 aromatic rings. The van der Waals surface area contributed by atoms with Gasteiger partial charge >= 0.3 is 0 Å². The molecule has 0 spiro atoms. The highest BCUT2D eigenvalue weighted by Gasteiger charge is 2.10. The maximum atomic E-state index is 11.7. The van der Waals surface area contributed by atoms with Gasteiger partial charge in [0.25, 0.3) is 0 Å². The van der Waals surface area contributed by atoms with E-state index in [4.69, 9.17) is 0 Å². The van der Waals surface area contributed by atoms with Gasteiger partial charge in [0.2, 0.25) is 5.91 Å². The molecular weight excluding hydrogens is 340 g/mol. The lowest BCUT2D eigenvalue weighted by molar-refractivity contribution is -0.119. The van der Waals surface area contributed by atoms with Crippen LogP contribution in [0.4, 0.5) is 0 Å². The molecule has 1 heterocycles. The third kappa shape index (κ3) is 2.88. The Morgan fingerprint density at radius 2 is 1.86 bits per heavy atom. The van der Waals surface area contributed by atoms with Gasteiger partial charge in [-0.05, 0) is 29.1 Å². The predicted molar refractivity (Wildman–Crippen MR) is 92.6 cm³/mol. The smallest absolute Gasteiger partial charge is 0.224 e. The van der Waals surface area contributed by atoms with Gasteiger partial charge in [-0.25, -0.2) is 0 Å². The molecule has 1 amide bonds. The van der Waals surface area contributed by atoms with Gasteiger partial charge in [-0.1, -0.05) is 46.3 Å². The van der Waals surface area contributed by atoms with Crippen molar-refractivity contribution in [2.45, 2.75) is 6.42 Å². The molecule has 2 aromatic carbocycles. The first kappa shape index (κ1) is 14.7. The molecule has 0 saturated carbocycles. The summed E-state index contributed by atoms with van der Waals surface area (Å²) in [7, 11) is 1.66. The van der Waals surface area contributed by atoms with E-state index in [1.54, 1.807) is 13.2 Å². The molecule has 3 nitrogen and oxygen atoms in total. The number of rotatable bonds is 3. The second-order valence-corrected chi connectivity index (χ2v) is 5.94. The Labute approximate surface area is 137 Å². The molecule has 0 saturated heterocycles. The number of benzene rings is 2. The summed E-state index contributed by atoms with van der Waals surface area (Å²) < 4.78 is 1.04. The molecule has 0 unspecified atom stereocenters. The van der Waals surface area contributed by atoms with Crippen molar-refractivity contribution < 1.29 is 4.79 Å². The lowest BCUT2D eigenvalue weighted by Crippen LogP contribution is -2.20. The molecule has 0 aliphatic carbocycles. The number of fused-ring (bicyclic) bond motifs is 1. The lowest BCUT2D eigenvalue weighted by Gasteiger charge is -2.10. The molecule has 0 atom stereocenters. The van der Waals surface area contributed by atoms with Crippen LogP contribution in [0.1, 0.15) is 5.56 Å². The second kappa shape index (κ2) is 6.28. The van der Waals surface area contributed by atoms with Gasteiger partial charge in [-0.15, -0.1) is 0 Å². The van der Waals surface area contributed by atoms with Gasteiger partial charge in [-0.3, -0.25) is 9.78 Å². The maximum Gasteiger partial charge on any atom is 0.224 e. The standard InChI is InChI=1S/C18H15BrN2O/c1-20-17(22)11-13-3-2-4-16-15(13)9-10-21-18(16)12-5-7-14(19)8-6-12/h2-10H,11H2,1H3,(H,20,22). The van der Waals surface area contributed by atoms with Crippen molar-refractivity contribution in [2.75, 3.05) is 7.05 Å². The minimum Gasteiger partial charge on any atom is -0.359 e. The number of halogens is 1. The number of carbonyl (C=O) groups is 1. The average Bonchev–Trinajstić information content (AvgIpc) is 2.55. The van der Waals surface area contributed by atoms with E-state index >= 15 is 0 Å². The summed E-state index contributed by atoms with van der Waals surface area (Å²) in [5, 5.41) is 4.80. The van der Waals surface area contributed by atoms with Crippen molar-refractivity contribution in [3.8, 4) is 11.3 Å². The number of amides is 1. The van der Waals surface area contributed by atoms with Crippen LogP contribution in [0.3, 0.4) is 0 Å². The summed E-state index contributed by atoms with van der Waals surface area (Å²) in [5.74, 6) is 0.00880. The SMILES string of the molecule is CNC(=O)Cc1cccc2c(-c3ccc(Br)cc3)nccc12. The highest BCUT2D eigenvalue weighted by molar-refractivity contribution is 9.10. The first-order chi connectivity index (χ1) is 10.7. The quantitative estimate of drug-likeness (QED) is 0.773. The first-order valence-corrected chi connectivity index (χ1v) is 7.81. The maximum absolute atomic E-state index is 11.7. The molecule has 0 fully saturated rings. The molecule has 0 aliphatic rings. The third-order valence-corrected chi connectivity index (χ3v) is 4.17. The minimum absolute atomic E-state index is 0.00880. The highest BCUT2D eigenvalue weighted by atomic mass is 79.9. The second-order valence-electron chi connectivity index (χ2n) is 5.03. The highest BCUT2D eigenvalue weighted by Crippen LogP contribution is 2.29. The Morgan fingerprint density at radius 3 is 2.59 bits per heavy atom. The van der Waals surface area contributed by atoms with Crippen LogP contribution in [0.25, 0.3) is 22.0 Å². The molecular formula is C18H15BrN2O. The van der Waals surface area contributed by atoms with Crippen LogP contribution in [-0.4, -0.2) is 17.9 Å². The van der Waals surface area contributed by atoms with Gasteiger partial charge < -0.3 is 5.32 Å². The van der Waals surface area contributed by atoms with E-state index < -0.39 is 0 Å². The van der Waals surface area contributed by atoms with Gasteiger partial charge in [0.05, 0.1) is 12.1 Å². The van der Waals surface area contributed by atoms with Crippen molar-refractivity contribution in [2.24, 2.45) is 0 Å². The van der Waals surface area contributed by atoms with E-state index in [1.165, 1.54) is 0 Å². The fourth-order valence-corrected chi connectivity index (χ4v) is 2.79. The van der Waals surface area contributed by atoms with Crippen LogP contribution in [0.2, 0.25) is 0 Å². The van der Waals surface area contributed by atoms with Crippen LogP contribution in [0.15, 0.2) is 59.2 Å². The fourth-order valence-electron chi connectivity index (χ4n) is 2.53. The Morgan fingerprint density at radius 1 is 1.09 bits per heavy atom. The average molecular weight is 355 g/mol. The first-order valence-electron chi connectivity index (χ1n) is 7.02. The van der Waals surface area contributed by atoms with Crippen molar-refractivity contribution in [3.05, 3.63) is 64.8 Å². The molecule has 1 aromatic heterocycles. The monoisotopic (exact) mass is 354 g/mol. The molecule has 0 bridgehead atoms. The number of carbonyl (C=O) groups excluding carboxylic acids is 1. The third-order valence-electron chi connectivity index (χ3n) is 3.64. The number of aromatic nitrogens is 1. The van der Waals surface area contributed by atoms with Crippen molar-refractivity contribution >= 4 is 32.6 Å². The van der Waals surface area contributed by atoms with E-state index in [2.05, 4.69) is 26.2 Å². The van der Waals surface area contributed by atoms with Crippen LogP contribution in [0.5, 0.6) is 0 Å². The Balaban J connectivity index is 2.15. The Hall–Kier alpha value is -2.20. The zero-order valence-corrected chi connectivity index (χ0v) is 13.7. The van der Waals surface area contributed by atoms with Crippen molar-refractivity contribution in [1.29, 1.82) is 0 Å². The van der Waals surface area contributed by atoms with Gasteiger partial charge in [0.15, 0.2) is 0 Å². The molecule has 3 rings (SSSR count). The Kier molecular flexibility index (Phi) is 4.20. The zero-order chi connectivity index (χ0) is 15.5. The minimum atomic E-state index is 0.00880. The van der Waals surface area contributed by atoms with Crippen LogP contribution >= 0.6 is 15.9 Å². The largest absolute Gasteiger partial charge is 0.359 e.